The highest BCUT2D eigenvalue weighted by molar-refractivity contribution is 6.21. The molecule has 2 amide bonds. The van der Waals surface area contributed by atoms with Crippen molar-refractivity contribution in [3.05, 3.63) is 71.1 Å². The zero-order valence-corrected chi connectivity index (χ0v) is 20.6. The molecule has 0 saturated carbocycles. The van der Waals surface area contributed by atoms with Gasteiger partial charge < -0.3 is 24.3 Å². The quantitative estimate of drug-likeness (QED) is 0.442. The summed E-state index contributed by atoms with van der Waals surface area (Å²) in [6.07, 6.45) is 3.12. The molecule has 1 N–H and O–H groups in total. The van der Waals surface area contributed by atoms with Gasteiger partial charge in [0.2, 0.25) is 5.95 Å². The summed E-state index contributed by atoms with van der Waals surface area (Å²) in [6.45, 7) is 0.168. The summed E-state index contributed by atoms with van der Waals surface area (Å²) in [5.41, 5.74) is 0.385. The monoisotopic (exact) mass is 526 g/mol. The number of amides is 2. The molecule has 5 rings (SSSR count). The first-order chi connectivity index (χ1) is 18.4. The molecule has 12 heteroatoms. The maximum atomic E-state index is 14.6. The van der Waals surface area contributed by atoms with Gasteiger partial charge in [-0.25, -0.2) is 18.7 Å². The van der Waals surface area contributed by atoms with Crippen molar-refractivity contribution in [3.8, 4) is 17.2 Å². The Bertz CT molecular complexity index is 1310. The fourth-order valence-electron chi connectivity index (χ4n) is 4.53. The summed E-state index contributed by atoms with van der Waals surface area (Å²) in [5.74, 6) is -2.49. The molecule has 0 aliphatic carbocycles. The van der Waals surface area contributed by atoms with Gasteiger partial charge in [-0.05, 0) is 18.6 Å². The Morgan fingerprint density at radius 3 is 2.21 bits per heavy atom. The smallest absolute Gasteiger partial charge is 0.261 e. The van der Waals surface area contributed by atoms with Gasteiger partial charge in [0.05, 0.1) is 62.0 Å². The molecule has 2 aliphatic rings. The number of halogens is 2. The third-order valence-corrected chi connectivity index (χ3v) is 6.47. The number of nitrogens with zero attached hydrogens (tertiary/aromatic N) is 3. The van der Waals surface area contributed by atoms with Crippen molar-refractivity contribution in [3.63, 3.8) is 0 Å². The van der Waals surface area contributed by atoms with E-state index >= 15 is 0 Å². The molecule has 2 aliphatic heterocycles. The molecule has 10 nitrogen and oxygen atoms in total. The van der Waals surface area contributed by atoms with E-state index in [-0.39, 0.29) is 47.2 Å². The lowest BCUT2D eigenvalue weighted by Gasteiger charge is -2.36. The molecule has 0 bridgehead atoms. The Morgan fingerprint density at radius 2 is 1.63 bits per heavy atom. The average Bonchev–Trinajstić information content (AvgIpc) is 3.19. The van der Waals surface area contributed by atoms with Crippen LogP contribution >= 0.6 is 0 Å². The van der Waals surface area contributed by atoms with Crippen LogP contribution in [0, 0.1) is 11.6 Å². The first kappa shape index (κ1) is 25.3. The minimum atomic E-state index is -0.901. The van der Waals surface area contributed by atoms with Gasteiger partial charge in [-0.15, -0.1) is 0 Å². The second-order valence-corrected chi connectivity index (χ2v) is 8.63. The van der Waals surface area contributed by atoms with Crippen LogP contribution in [0.5, 0.6) is 17.2 Å². The van der Waals surface area contributed by atoms with Crippen LogP contribution in [0.3, 0.4) is 0 Å². The molecule has 2 atom stereocenters. The lowest BCUT2D eigenvalue weighted by molar-refractivity contribution is 0.0233. The van der Waals surface area contributed by atoms with E-state index in [0.29, 0.717) is 24.2 Å². The third kappa shape index (κ3) is 4.58. The van der Waals surface area contributed by atoms with Crippen molar-refractivity contribution in [1.82, 2.24) is 14.9 Å². The number of nitrogens with one attached hydrogen (secondary N) is 1. The van der Waals surface area contributed by atoms with Crippen molar-refractivity contribution in [2.24, 2.45) is 0 Å². The van der Waals surface area contributed by atoms with Gasteiger partial charge in [-0.2, -0.15) is 0 Å². The van der Waals surface area contributed by atoms with E-state index in [1.807, 2.05) is 0 Å². The van der Waals surface area contributed by atoms with Crippen molar-refractivity contribution in [2.45, 2.75) is 25.1 Å². The highest BCUT2D eigenvalue weighted by Gasteiger charge is 2.44. The predicted octanol–water partition coefficient (Wildman–Crippen LogP) is 3.22. The van der Waals surface area contributed by atoms with Crippen LogP contribution in [0.2, 0.25) is 0 Å². The molecule has 3 aromatic rings. The van der Waals surface area contributed by atoms with E-state index in [1.165, 1.54) is 31.5 Å². The summed E-state index contributed by atoms with van der Waals surface area (Å²) >= 11 is 0. The Hall–Kier alpha value is -4.32. The maximum Gasteiger partial charge on any atom is 0.261 e. The number of carbonyl (C=O) groups excluding carboxylic acids is 2. The normalized spacial score (nSPS) is 18.8. The van der Waals surface area contributed by atoms with Gasteiger partial charge >= 0.3 is 0 Å². The molecule has 3 heterocycles. The molecule has 2 aromatic carbocycles. The van der Waals surface area contributed by atoms with Crippen LogP contribution in [0.25, 0.3) is 0 Å². The third-order valence-electron chi connectivity index (χ3n) is 6.47. The van der Waals surface area contributed by atoms with E-state index in [0.717, 1.165) is 6.07 Å². The average molecular weight is 526 g/mol. The number of aromatic nitrogens is 2. The van der Waals surface area contributed by atoms with Gasteiger partial charge in [0.1, 0.15) is 6.61 Å². The molecule has 198 valence electrons. The van der Waals surface area contributed by atoms with Gasteiger partial charge in [0.25, 0.3) is 11.8 Å². The van der Waals surface area contributed by atoms with Crippen LogP contribution < -0.4 is 19.5 Å². The van der Waals surface area contributed by atoms with Crippen LogP contribution in [-0.4, -0.2) is 66.2 Å². The summed E-state index contributed by atoms with van der Waals surface area (Å²) in [6, 6.07) is 6.91. The number of carbonyl (C=O) groups is 2. The number of anilines is 1. The topological polar surface area (TPSA) is 112 Å². The van der Waals surface area contributed by atoms with E-state index in [9.17, 15) is 18.4 Å². The zero-order chi connectivity index (χ0) is 26.8. The van der Waals surface area contributed by atoms with Gasteiger partial charge in [-0.1, -0.05) is 12.1 Å². The van der Waals surface area contributed by atoms with Gasteiger partial charge in [0, 0.05) is 12.7 Å². The Labute approximate surface area is 216 Å². The standard InChI is InChI=1S/C26H24F2N4O6/c1-35-20-9-21(36-2)23(28)17(22(20)27)12-38-14-10-29-26(30-11-14)31-18-13-37-8-7-19(18)32-24(33)15-5-3-4-6-16(15)25(32)34/h3-6,9-11,18-19H,7-8,12-13H2,1-2H3,(H,29,30,31)/t18?,19-/m0/s1. The van der Waals surface area contributed by atoms with Gasteiger partial charge in [-0.3, -0.25) is 14.5 Å². The minimum Gasteiger partial charge on any atom is -0.494 e. The van der Waals surface area contributed by atoms with E-state index in [2.05, 4.69) is 15.3 Å². The predicted molar refractivity (Wildman–Crippen MR) is 129 cm³/mol. The second-order valence-electron chi connectivity index (χ2n) is 8.63. The lowest BCUT2D eigenvalue weighted by atomic mass is 10.0. The number of imide groups is 1. The summed E-state index contributed by atoms with van der Waals surface area (Å²) in [5, 5.41) is 3.12. The number of rotatable bonds is 8. The number of hydrogen-bond donors (Lipinski definition) is 1. The number of ether oxygens (including phenoxy) is 4. The Balaban J connectivity index is 1.28. The number of benzene rings is 2. The van der Waals surface area contributed by atoms with Crippen molar-refractivity contribution in [2.75, 3.05) is 32.8 Å². The first-order valence-corrected chi connectivity index (χ1v) is 11.8. The number of hydrogen-bond acceptors (Lipinski definition) is 9. The van der Waals surface area contributed by atoms with E-state index in [4.69, 9.17) is 18.9 Å². The highest BCUT2D eigenvalue weighted by atomic mass is 19.1. The fraction of sp³-hybridized carbons (Fsp3) is 0.308. The van der Waals surface area contributed by atoms with Crippen LogP contribution in [-0.2, 0) is 11.3 Å². The fourth-order valence-corrected chi connectivity index (χ4v) is 4.53. The zero-order valence-electron chi connectivity index (χ0n) is 20.6. The SMILES string of the molecule is COc1cc(OC)c(F)c(COc2cnc(NC3COCC[C@@H]3N3C(=O)c4ccccc4C3=O)nc2)c1F. The molecule has 0 spiro atoms. The highest BCUT2D eigenvalue weighted by Crippen LogP contribution is 2.32. The van der Waals surface area contributed by atoms with E-state index in [1.54, 1.807) is 24.3 Å². The molecular formula is C26H24F2N4O6. The first-order valence-electron chi connectivity index (χ1n) is 11.8. The summed E-state index contributed by atoms with van der Waals surface area (Å²) in [4.78, 5) is 35.7. The van der Waals surface area contributed by atoms with Crippen LogP contribution in [0.15, 0.2) is 42.7 Å². The number of fused-ring (bicyclic) bond motifs is 1. The molecule has 1 saturated heterocycles. The molecule has 1 aromatic heterocycles. The summed E-state index contributed by atoms with van der Waals surface area (Å²) < 4.78 is 50.1. The second kappa shape index (κ2) is 10.6. The molecular weight excluding hydrogens is 502 g/mol. The molecule has 0 radical (unpaired) electrons. The maximum absolute atomic E-state index is 14.6. The summed E-state index contributed by atoms with van der Waals surface area (Å²) in [7, 11) is 2.52. The van der Waals surface area contributed by atoms with Gasteiger partial charge in [0.15, 0.2) is 28.9 Å². The van der Waals surface area contributed by atoms with Crippen molar-refractivity contribution in [1.29, 1.82) is 0 Å². The van der Waals surface area contributed by atoms with Crippen molar-refractivity contribution >= 4 is 17.8 Å². The van der Waals surface area contributed by atoms with Crippen LogP contribution in [0.1, 0.15) is 32.7 Å². The molecule has 1 fully saturated rings. The Morgan fingerprint density at radius 1 is 1.03 bits per heavy atom. The van der Waals surface area contributed by atoms with Crippen LogP contribution in [0.4, 0.5) is 14.7 Å². The molecule has 1 unspecified atom stereocenters. The largest absolute Gasteiger partial charge is 0.494 e. The van der Waals surface area contributed by atoms with Crippen molar-refractivity contribution < 1.29 is 37.3 Å². The minimum absolute atomic E-state index is 0.160. The lowest BCUT2D eigenvalue weighted by Crippen LogP contribution is -2.54. The number of methoxy groups -OCH3 is 2. The van der Waals surface area contributed by atoms with E-state index < -0.39 is 30.3 Å². The molecule has 38 heavy (non-hydrogen) atoms. The Kier molecular flexibility index (Phi) is 7.05.